The van der Waals surface area contributed by atoms with E-state index in [1.54, 1.807) is 12.5 Å². The number of hydrogen-bond donors (Lipinski definition) is 2. The number of benzene rings is 2. The fraction of sp³-hybridized carbons (Fsp3) is 0.280. The van der Waals surface area contributed by atoms with Crippen molar-refractivity contribution in [2.24, 2.45) is 5.92 Å². The monoisotopic (exact) mass is 477 g/mol. The molecule has 1 aliphatic carbocycles. The zero-order valence-electron chi connectivity index (χ0n) is 18.0. The van der Waals surface area contributed by atoms with Crippen molar-refractivity contribution >= 4 is 18.1 Å². The summed E-state index contributed by atoms with van der Waals surface area (Å²) in [4.78, 5) is 21.0. The standard InChI is InChI=1S/C24H21F4NO2.CH2O2/c25-21-13-20(24(26,27)28)8-9-22(21)29-23(30)18-3-1-2-17(12-18)15-4-6-16(7-5-15)19-10-11-31-14-19;2-1-3/h4-11,13-14,17-18H,1-3,12H2,(H,29,30);1H,(H,2,3). The molecule has 2 atom stereocenters. The second kappa shape index (κ2) is 11.0. The van der Waals surface area contributed by atoms with Crippen molar-refractivity contribution in [3.63, 3.8) is 0 Å². The predicted molar refractivity (Wildman–Crippen MR) is 118 cm³/mol. The molecule has 4 rings (SSSR count). The molecule has 1 aliphatic rings. The Hall–Kier alpha value is -3.62. The van der Waals surface area contributed by atoms with Crippen LogP contribution in [0.25, 0.3) is 11.1 Å². The van der Waals surface area contributed by atoms with E-state index in [2.05, 4.69) is 5.32 Å². The second-order valence-electron chi connectivity index (χ2n) is 7.98. The summed E-state index contributed by atoms with van der Waals surface area (Å²) in [6.45, 7) is -0.250. The van der Waals surface area contributed by atoms with Gasteiger partial charge in [0.1, 0.15) is 5.82 Å². The van der Waals surface area contributed by atoms with Gasteiger partial charge in [-0.1, -0.05) is 30.7 Å². The summed E-state index contributed by atoms with van der Waals surface area (Å²) in [6.07, 6.45) is 1.73. The Morgan fingerprint density at radius 3 is 2.35 bits per heavy atom. The van der Waals surface area contributed by atoms with Gasteiger partial charge in [-0.05, 0) is 60.6 Å². The summed E-state index contributed by atoms with van der Waals surface area (Å²) in [5.74, 6) is -1.59. The van der Waals surface area contributed by atoms with E-state index in [1.807, 2.05) is 30.3 Å². The van der Waals surface area contributed by atoms with E-state index >= 15 is 0 Å². The molecule has 0 aliphatic heterocycles. The van der Waals surface area contributed by atoms with E-state index in [9.17, 15) is 22.4 Å². The molecule has 1 heterocycles. The van der Waals surface area contributed by atoms with E-state index in [0.717, 1.165) is 41.7 Å². The van der Waals surface area contributed by atoms with Gasteiger partial charge >= 0.3 is 6.18 Å². The maximum absolute atomic E-state index is 14.1. The van der Waals surface area contributed by atoms with Gasteiger partial charge in [0.15, 0.2) is 0 Å². The van der Waals surface area contributed by atoms with E-state index in [-0.39, 0.29) is 29.9 Å². The second-order valence-corrected chi connectivity index (χ2v) is 7.98. The van der Waals surface area contributed by atoms with Gasteiger partial charge in [-0.2, -0.15) is 13.2 Å². The summed E-state index contributed by atoms with van der Waals surface area (Å²) < 4.78 is 57.3. The molecule has 3 aromatic rings. The number of carboxylic acid groups (broad SMARTS) is 1. The molecular formula is C25H23F4NO4. The van der Waals surface area contributed by atoms with Crippen molar-refractivity contribution in [1.82, 2.24) is 0 Å². The summed E-state index contributed by atoms with van der Waals surface area (Å²) >= 11 is 0. The van der Waals surface area contributed by atoms with E-state index < -0.39 is 17.6 Å². The molecule has 0 bridgehead atoms. The molecule has 34 heavy (non-hydrogen) atoms. The van der Waals surface area contributed by atoms with Crippen LogP contribution in [0.5, 0.6) is 0 Å². The fourth-order valence-corrected chi connectivity index (χ4v) is 4.13. The van der Waals surface area contributed by atoms with Crippen LogP contribution < -0.4 is 5.32 Å². The Morgan fingerprint density at radius 1 is 1.06 bits per heavy atom. The molecule has 0 spiro atoms. The van der Waals surface area contributed by atoms with Gasteiger partial charge in [-0.25, -0.2) is 4.39 Å². The molecular weight excluding hydrogens is 454 g/mol. The van der Waals surface area contributed by atoms with Crippen LogP contribution in [0.3, 0.4) is 0 Å². The molecule has 2 N–H and O–H groups in total. The quantitative estimate of drug-likeness (QED) is 0.323. The van der Waals surface area contributed by atoms with Crippen LogP contribution in [-0.4, -0.2) is 17.5 Å². The first-order chi connectivity index (χ1) is 16.2. The molecule has 1 saturated carbocycles. The van der Waals surface area contributed by atoms with Gasteiger partial charge in [-0.3, -0.25) is 9.59 Å². The number of alkyl halides is 3. The maximum atomic E-state index is 14.1. The Morgan fingerprint density at radius 2 is 1.76 bits per heavy atom. The molecule has 2 aromatic carbocycles. The lowest BCUT2D eigenvalue weighted by Gasteiger charge is -2.29. The zero-order valence-corrected chi connectivity index (χ0v) is 18.0. The minimum atomic E-state index is -4.63. The lowest BCUT2D eigenvalue weighted by atomic mass is 9.77. The normalized spacial score (nSPS) is 17.9. The molecule has 0 radical (unpaired) electrons. The van der Waals surface area contributed by atoms with Crippen molar-refractivity contribution in [1.29, 1.82) is 0 Å². The molecule has 1 aromatic heterocycles. The lowest BCUT2D eigenvalue weighted by Crippen LogP contribution is -2.28. The number of anilines is 1. The first-order valence-electron chi connectivity index (χ1n) is 10.6. The molecule has 180 valence electrons. The average Bonchev–Trinajstić information content (AvgIpc) is 3.35. The van der Waals surface area contributed by atoms with E-state index in [0.29, 0.717) is 18.9 Å². The van der Waals surface area contributed by atoms with Crippen molar-refractivity contribution in [3.05, 3.63) is 78.0 Å². The van der Waals surface area contributed by atoms with Gasteiger partial charge < -0.3 is 14.8 Å². The zero-order chi connectivity index (χ0) is 24.7. The summed E-state index contributed by atoms with van der Waals surface area (Å²) in [6, 6.07) is 12.1. The van der Waals surface area contributed by atoms with Crippen molar-refractivity contribution in [3.8, 4) is 11.1 Å². The van der Waals surface area contributed by atoms with Gasteiger partial charge in [0.05, 0.1) is 23.8 Å². The number of amides is 1. The molecule has 9 heteroatoms. The number of carbonyl (C=O) groups is 2. The van der Waals surface area contributed by atoms with Crippen molar-refractivity contribution in [2.75, 3.05) is 5.32 Å². The molecule has 2 unspecified atom stereocenters. The summed E-state index contributed by atoms with van der Waals surface area (Å²) in [7, 11) is 0. The van der Waals surface area contributed by atoms with Crippen LogP contribution in [-0.2, 0) is 15.8 Å². The van der Waals surface area contributed by atoms with Crippen LogP contribution in [0.15, 0.2) is 65.5 Å². The Balaban J connectivity index is 0.00000103. The van der Waals surface area contributed by atoms with Gasteiger partial charge in [0, 0.05) is 11.5 Å². The van der Waals surface area contributed by atoms with Crippen molar-refractivity contribution < 1.29 is 36.7 Å². The number of furan rings is 1. The van der Waals surface area contributed by atoms with Crippen LogP contribution in [0.2, 0.25) is 0 Å². The van der Waals surface area contributed by atoms with Crippen LogP contribution in [0.4, 0.5) is 23.2 Å². The van der Waals surface area contributed by atoms with Gasteiger partial charge in [0.2, 0.25) is 5.91 Å². The van der Waals surface area contributed by atoms with Gasteiger partial charge in [0.25, 0.3) is 6.47 Å². The minimum absolute atomic E-state index is 0.195. The summed E-state index contributed by atoms with van der Waals surface area (Å²) in [5, 5.41) is 9.36. The Bertz CT molecular complexity index is 1100. The Labute approximate surface area is 193 Å². The van der Waals surface area contributed by atoms with Gasteiger partial charge in [-0.15, -0.1) is 0 Å². The predicted octanol–water partition coefficient (Wildman–Crippen LogP) is 6.72. The number of carbonyl (C=O) groups excluding carboxylic acids is 1. The lowest BCUT2D eigenvalue weighted by molar-refractivity contribution is -0.137. The SMILES string of the molecule is O=C(Nc1ccc(C(F)(F)F)cc1F)C1CCCC(c2ccc(-c3ccoc3)cc2)C1.O=CO. The highest BCUT2D eigenvalue weighted by atomic mass is 19.4. The first-order valence-corrected chi connectivity index (χ1v) is 10.6. The fourth-order valence-electron chi connectivity index (χ4n) is 4.13. The smallest absolute Gasteiger partial charge is 0.416 e. The Kier molecular flexibility index (Phi) is 8.09. The minimum Gasteiger partial charge on any atom is -0.483 e. The largest absolute Gasteiger partial charge is 0.483 e. The highest BCUT2D eigenvalue weighted by Crippen LogP contribution is 2.38. The molecule has 5 nitrogen and oxygen atoms in total. The number of nitrogens with one attached hydrogen (secondary N) is 1. The molecule has 1 fully saturated rings. The van der Waals surface area contributed by atoms with E-state index in [4.69, 9.17) is 14.3 Å². The topological polar surface area (TPSA) is 79.5 Å². The molecule has 1 amide bonds. The first kappa shape index (κ1) is 25.0. The number of halogens is 4. The third-order valence-electron chi connectivity index (χ3n) is 5.84. The average molecular weight is 477 g/mol. The van der Waals surface area contributed by atoms with Crippen LogP contribution >= 0.6 is 0 Å². The van der Waals surface area contributed by atoms with Crippen LogP contribution in [0.1, 0.15) is 42.7 Å². The third kappa shape index (κ3) is 6.24. The number of hydrogen-bond acceptors (Lipinski definition) is 3. The van der Waals surface area contributed by atoms with Crippen LogP contribution in [0, 0.1) is 11.7 Å². The molecule has 0 saturated heterocycles. The maximum Gasteiger partial charge on any atom is 0.416 e. The summed E-state index contributed by atoms with van der Waals surface area (Å²) in [5.41, 5.74) is 1.85. The highest BCUT2D eigenvalue weighted by molar-refractivity contribution is 5.92. The third-order valence-corrected chi connectivity index (χ3v) is 5.84. The van der Waals surface area contributed by atoms with E-state index in [1.165, 1.54) is 0 Å². The van der Waals surface area contributed by atoms with Crippen molar-refractivity contribution in [2.45, 2.75) is 37.8 Å². The number of rotatable bonds is 4. The highest BCUT2D eigenvalue weighted by Gasteiger charge is 2.32.